The van der Waals surface area contributed by atoms with E-state index >= 15 is 0 Å². The van der Waals surface area contributed by atoms with Crippen LogP contribution in [-0.4, -0.2) is 21.3 Å². The molecule has 0 saturated carbocycles. The van der Waals surface area contributed by atoms with E-state index in [0.29, 0.717) is 16.7 Å². The maximum Gasteiger partial charge on any atom is 0.417 e. The van der Waals surface area contributed by atoms with Gasteiger partial charge in [0.25, 0.3) is 0 Å². The number of benzene rings is 1. The van der Waals surface area contributed by atoms with E-state index in [1.165, 1.54) is 6.07 Å². The molecule has 3 N–H and O–H groups in total. The van der Waals surface area contributed by atoms with Crippen molar-refractivity contribution in [3.8, 4) is 6.07 Å². The Balaban J connectivity index is 2.36. The number of nitriles is 1. The van der Waals surface area contributed by atoms with Crippen molar-refractivity contribution in [2.24, 2.45) is 0 Å². The Labute approximate surface area is 95.7 Å². The van der Waals surface area contributed by atoms with Gasteiger partial charge in [-0.1, -0.05) is 6.07 Å². The van der Waals surface area contributed by atoms with Gasteiger partial charge in [0, 0.05) is 0 Å². The number of oxazole rings is 1. The van der Waals surface area contributed by atoms with Gasteiger partial charge in [0.2, 0.25) is 0 Å². The molecular formula is C11H10N2O4. The summed E-state index contributed by atoms with van der Waals surface area (Å²) < 4.78 is 4.83. The second-order valence-corrected chi connectivity index (χ2v) is 3.64. The smallest absolute Gasteiger partial charge is 0.408 e. The van der Waals surface area contributed by atoms with Gasteiger partial charge in [0.15, 0.2) is 5.58 Å². The minimum atomic E-state index is -1.18. The first-order chi connectivity index (χ1) is 8.11. The van der Waals surface area contributed by atoms with Gasteiger partial charge in [0.05, 0.1) is 24.1 Å². The van der Waals surface area contributed by atoms with E-state index in [-0.39, 0.29) is 6.42 Å². The maximum atomic E-state index is 10.9. The number of aromatic nitrogens is 1. The third-order valence-corrected chi connectivity index (χ3v) is 2.45. The van der Waals surface area contributed by atoms with Crippen molar-refractivity contribution < 1.29 is 14.6 Å². The monoisotopic (exact) mass is 234 g/mol. The van der Waals surface area contributed by atoms with Crippen LogP contribution >= 0.6 is 0 Å². The Bertz CT molecular complexity index is 622. The second-order valence-electron chi connectivity index (χ2n) is 3.64. The van der Waals surface area contributed by atoms with Crippen LogP contribution in [0.1, 0.15) is 18.1 Å². The first-order valence-corrected chi connectivity index (χ1v) is 4.97. The zero-order valence-corrected chi connectivity index (χ0v) is 8.75. The number of rotatable bonds is 3. The molecule has 2 atom stereocenters. The molecule has 0 radical (unpaired) electrons. The van der Waals surface area contributed by atoms with Crippen molar-refractivity contribution in [3.05, 3.63) is 34.3 Å². The van der Waals surface area contributed by atoms with Gasteiger partial charge in [-0.3, -0.25) is 4.98 Å². The highest BCUT2D eigenvalue weighted by Crippen LogP contribution is 2.22. The van der Waals surface area contributed by atoms with Crippen LogP contribution in [0.3, 0.4) is 0 Å². The van der Waals surface area contributed by atoms with Gasteiger partial charge in [-0.05, 0) is 17.7 Å². The predicted octanol–water partition coefficient (Wildman–Crippen LogP) is 0.429. The van der Waals surface area contributed by atoms with E-state index in [1.54, 1.807) is 18.2 Å². The average molecular weight is 234 g/mol. The Morgan fingerprint density at radius 1 is 1.47 bits per heavy atom. The van der Waals surface area contributed by atoms with E-state index in [2.05, 4.69) is 4.98 Å². The van der Waals surface area contributed by atoms with Gasteiger partial charge in [-0.15, -0.1) is 0 Å². The Morgan fingerprint density at radius 2 is 2.24 bits per heavy atom. The quantitative estimate of drug-likeness (QED) is 0.713. The van der Waals surface area contributed by atoms with Gasteiger partial charge < -0.3 is 14.6 Å². The van der Waals surface area contributed by atoms with Crippen molar-refractivity contribution in [3.63, 3.8) is 0 Å². The van der Waals surface area contributed by atoms with Crippen LogP contribution in [-0.2, 0) is 0 Å². The molecule has 2 aromatic rings. The summed E-state index contributed by atoms with van der Waals surface area (Å²) in [6.07, 6.45) is -2.52. The summed E-state index contributed by atoms with van der Waals surface area (Å²) in [5, 5.41) is 27.7. The molecule has 0 aliphatic carbocycles. The van der Waals surface area contributed by atoms with Crippen LogP contribution in [0.25, 0.3) is 11.1 Å². The molecule has 1 heterocycles. The highest BCUT2D eigenvalue weighted by molar-refractivity contribution is 5.72. The van der Waals surface area contributed by atoms with Gasteiger partial charge in [0.1, 0.15) is 6.10 Å². The summed E-state index contributed by atoms with van der Waals surface area (Å²) in [6.45, 7) is 0. The first-order valence-electron chi connectivity index (χ1n) is 4.97. The summed E-state index contributed by atoms with van der Waals surface area (Å²) in [5.41, 5.74) is 1.21. The molecule has 0 aliphatic rings. The van der Waals surface area contributed by atoms with E-state index < -0.39 is 18.0 Å². The zero-order chi connectivity index (χ0) is 12.4. The van der Waals surface area contributed by atoms with Gasteiger partial charge in [-0.2, -0.15) is 5.26 Å². The number of hydrogen-bond donors (Lipinski definition) is 3. The van der Waals surface area contributed by atoms with E-state index in [4.69, 9.17) is 9.68 Å². The lowest BCUT2D eigenvalue weighted by Gasteiger charge is -2.15. The van der Waals surface area contributed by atoms with Crippen molar-refractivity contribution in [2.75, 3.05) is 0 Å². The molecule has 2 rings (SSSR count). The predicted molar refractivity (Wildman–Crippen MR) is 58.0 cm³/mol. The molecule has 6 nitrogen and oxygen atoms in total. The summed E-state index contributed by atoms with van der Waals surface area (Å²) >= 11 is 0. The number of nitrogens with one attached hydrogen (secondary N) is 1. The summed E-state index contributed by atoms with van der Waals surface area (Å²) in [4.78, 5) is 13.4. The van der Waals surface area contributed by atoms with E-state index in [1.807, 2.05) is 0 Å². The highest BCUT2D eigenvalue weighted by Gasteiger charge is 2.18. The number of nitrogens with zero attached hydrogens (tertiary/aromatic N) is 1. The van der Waals surface area contributed by atoms with E-state index in [9.17, 15) is 15.0 Å². The molecule has 0 bridgehead atoms. The van der Waals surface area contributed by atoms with Crippen LogP contribution < -0.4 is 5.76 Å². The Hall–Kier alpha value is -2.10. The highest BCUT2D eigenvalue weighted by atomic mass is 16.4. The molecule has 0 saturated heterocycles. The van der Waals surface area contributed by atoms with Crippen LogP contribution in [0.15, 0.2) is 27.4 Å². The molecule has 88 valence electrons. The lowest BCUT2D eigenvalue weighted by molar-refractivity contribution is 0.0217. The maximum absolute atomic E-state index is 10.9. The topological polar surface area (TPSA) is 110 Å². The summed E-state index contributed by atoms with van der Waals surface area (Å²) in [7, 11) is 0. The van der Waals surface area contributed by atoms with Crippen molar-refractivity contribution in [1.82, 2.24) is 4.98 Å². The number of hydrogen-bond acceptors (Lipinski definition) is 5. The standard InChI is InChI=1S/C11H10N2O4/c12-4-3-8(14)10(15)6-1-2-7-9(5-6)17-11(16)13-7/h1-2,5,8,10,14-15H,3H2,(H,13,16). The molecule has 0 amide bonds. The van der Waals surface area contributed by atoms with Crippen LogP contribution in [0.5, 0.6) is 0 Å². The van der Waals surface area contributed by atoms with Crippen LogP contribution in [0.4, 0.5) is 0 Å². The molecule has 1 aromatic heterocycles. The number of fused-ring (bicyclic) bond motifs is 1. The number of aliphatic hydroxyl groups excluding tert-OH is 2. The minimum absolute atomic E-state index is 0.170. The van der Waals surface area contributed by atoms with Crippen molar-refractivity contribution in [2.45, 2.75) is 18.6 Å². The summed E-state index contributed by atoms with van der Waals surface area (Å²) in [5.74, 6) is -0.579. The third-order valence-electron chi connectivity index (χ3n) is 2.45. The fraction of sp³-hybridized carbons (Fsp3) is 0.273. The van der Waals surface area contributed by atoms with Gasteiger partial charge >= 0.3 is 5.76 Å². The fourth-order valence-electron chi connectivity index (χ4n) is 1.57. The molecular weight excluding hydrogens is 224 g/mol. The van der Waals surface area contributed by atoms with Crippen molar-refractivity contribution in [1.29, 1.82) is 5.26 Å². The molecule has 0 spiro atoms. The Kier molecular flexibility index (Phi) is 2.95. The van der Waals surface area contributed by atoms with E-state index in [0.717, 1.165) is 0 Å². The SMILES string of the molecule is N#CCC(O)C(O)c1ccc2[nH]c(=O)oc2c1. The third kappa shape index (κ3) is 2.20. The molecule has 17 heavy (non-hydrogen) atoms. The lowest BCUT2D eigenvalue weighted by Crippen LogP contribution is -2.17. The fourth-order valence-corrected chi connectivity index (χ4v) is 1.57. The first kappa shape index (κ1) is 11.4. The van der Waals surface area contributed by atoms with Gasteiger partial charge in [-0.25, -0.2) is 4.79 Å². The lowest BCUT2D eigenvalue weighted by atomic mass is 10.0. The van der Waals surface area contributed by atoms with Crippen LogP contribution in [0.2, 0.25) is 0 Å². The summed E-state index contributed by atoms with van der Waals surface area (Å²) in [6, 6.07) is 6.35. The molecule has 0 aliphatic heterocycles. The minimum Gasteiger partial charge on any atom is -0.408 e. The molecule has 6 heteroatoms. The second kappa shape index (κ2) is 4.41. The van der Waals surface area contributed by atoms with Crippen molar-refractivity contribution >= 4 is 11.1 Å². The number of aliphatic hydroxyl groups is 2. The number of H-pyrrole nitrogens is 1. The molecule has 1 aromatic carbocycles. The Morgan fingerprint density at radius 3 is 2.94 bits per heavy atom. The molecule has 2 unspecified atom stereocenters. The average Bonchev–Trinajstić information content (AvgIpc) is 2.67. The normalized spacial score (nSPS) is 14.4. The zero-order valence-electron chi connectivity index (χ0n) is 8.75. The largest absolute Gasteiger partial charge is 0.417 e. The molecule has 0 fully saturated rings. The number of aromatic amines is 1. The van der Waals surface area contributed by atoms with Crippen LogP contribution in [0, 0.1) is 11.3 Å².